The predicted octanol–water partition coefficient (Wildman–Crippen LogP) is 4.24. The van der Waals surface area contributed by atoms with Crippen LogP contribution in [0.15, 0.2) is 46.9 Å². The summed E-state index contributed by atoms with van der Waals surface area (Å²) in [6.07, 6.45) is 0. The SMILES string of the molecule is CCOc1cccc(C(=O)Nc2ccc(Br)cc2F)c1. The highest BCUT2D eigenvalue weighted by Gasteiger charge is 2.10. The zero-order valence-electron chi connectivity index (χ0n) is 10.8. The number of halogens is 2. The predicted molar refractivity (Wildman–Crippen MR) is 79.7 cm³/mol. The van der Waals surface area contributed by atoms with Crippen molar-refractivity contribution in [1.29, 1.82) is 0 Å². The topological polar surface area (TPSA) is 38.3 Å². The number of benzene rings is 2. The maximum absolute atomic E-state index is 13.7. The number of carbonyl (C=O) groups is 1. The van der Waals surface area contributed by atoms with Gasteiger partial charge in [-0.15, -0.1) is 0 Å². The lowest BCUT2D eigenvalue weighted by atomic mass is 10.2. The average molecular weight is 338 g/mol. The Bertz CT molecular complexity index is 631. The van der Waals surface area contributed by atoms with Gasteiger partial charge in [-0.3, -0.25) is 4.79 Å². The van der Waals surface area contributed by atoms with Crippen molar-refractivity contribution in [3.8, 4) is 5.75 Å². The van der Waals surface area contributed by atoms with Crippen molar-refractivity contribution in [3.05, 3.63) is 58.3 Å². The van der Waals surface area contributed by atoms with Crippen LogP contribution in [0.25, 0.3) is 0 Å². The fourth-order valence-electron chi connectivity index (χ4n) is 1.68. The summed E-state index contributed by atoms with van der Waals surface area (Å²) in [5, 5.41) is 2.53. The molecule has 0 bridgehead atoms. The van der Waals surface area contributed by atoms with Crippen molar-refractivity contribution in [2.45, 2.75) is 6.92 Å². The molecule has 0 aliphatic rings. The van der Waals surface area contributed by atoms with Crippen molar-refractivity contribution in [1.82, 2.24) is 0 Å². The first-order valence-corrected chi connectivity index (χ1v) is 6.88. The Labute approximate surface area is 124 Å². The second kappa shape index (κ2) is 6.52. The third-order valence-electron chi connectivity index (χ3n) is 2.59. The number of hydrogen-bond donors (Lipinski definition) is 1. The van der Waals surface area contributed by atoms with Gasteiger partial charge in [0.15, 0.2) is 0 Å². The van der Waals surface area contributed by atoms with E-state index < -0.39 is 5.82 Å². The van der Waals surface area contributed by atoms with E-state index in [9.17, 15) is 9.18 Å². The molecule has 0 spiro atoms. The molecule has 0 aliphatic heterocycles. The monoisotopic (exact) mass is 337 g/mol. The molecule has 0 heterocycles. The lowest BCUT2D eigenvalue weighted by molar-refractivity contribution is 0.102. The van der Waals surface area contributed by atoms with Crippen LogP contribution in [0, 0.1) is 5.82 Å². The van der Waals surface area contributed by atoms with Crippen LogP contribution in [-0.4, -0.2) is 12.5 Å². The third kappa shape index (κ3) is 3.57. The number of hydrogen-bond acceptors (Lipinski definition) is 2. The second-order valence-electron chi connectivity index (χ2n) is 4.04. The van der Waals surface area contributed by atoms with Gasteiger partial charge < -0.3 is 10.1 Å². The highest BCUT2D eigenvalue weighted by Crippen LogP contribution is 2.21. The molecule has 0 radical (unpaired) electrons. The molecule has 104 valence electrons. The van der Waals surface area contributed by atoms with E-state index in [1.165, 1.54) is 12.1 Å². The van der Waals surface area contributed by atoms with Crippen LogP contribution < -0.4 is 10.1 Å². The Kier molecular flexibility index (Phi) is 4.74. The molecule has 0 atom stereocenters. The maximum atomic E-state index is 13.7. The molecular weight excluding hydrogens is 325 g/mol. The molecule has 2 aromatic carbocycles. The van der Waals surface area contributed by atoms with Crippen molar-refractivity contribution in [3.63, 3.8) is 0 Å². The van der Waals surface area contributed by atoms with Gasteiger partial charge in [-0.2, -0.15) is 0 Å². The molecule has 1 N–H and O–H groups in total. The number of amides is 1. The first-order valence-electron chi connectivity index (χ1n) is 6.09. The fourth-order valence-corrected chi connectivity index (χ4v) is 2.01. The van der Waals surface area contributed by atoms with E-state index in [0.717, 1.165) is 0 Å². The zero-order chi connectivity index (χ0) is 14.5. The second-order valence-corrected chi connectivity index (χ2v) is 4.95. The molecule has 2 rings (SSSR count). The van der Waals surface area contributed by atoms with E-state index in [1.807, 2.05) is 6.92 Å². The molecule has 0 aliphatic carbocycles. The molecular formula is C15H13BrFNO2. The van der Waals surface area contributed by atoms with Crippen LogP contribution in [0.5, 0.6) is 5.75 Å². The Balaban J connectivity index is 2.17. The first kappa shape index (κ1) is 14.5. The Morgan fingerprint density at radius 1 is 1.30 bits per heavy atom. The smallest absolute Gasteiger partial charge is 0.255 e. The van der Waals surface area contributed by atoms with E-state index in [4.69, 9.17) is 4.74 Å². The summed E-state index contributed by atoms with van der Waals surface area (Å²) in [5.41, 5.74) is 0.554. The number of ether oxygens (including phenoxy) is 1. The van der Waals surface area contributed by atoms with Crippen LogP contribution in [0.4, 0.5) is 10.1 Å². The zero-order valence-corrected chi connectivity index (χ0v) is 12.4. The molecule has 20 heavy (non-hydrogen) atoms. The summed E-state index contributed by atoms with van der Waals surface area (Å²) in [7, 11) is 0. The lowest BCUT2D eigenvalue weighted by Gasteiger charge is -2.08. The number of rotatable bonds is 4. The normalized spacial score (nSPS) is 10.2. The highest BCUT2D eigenvalue weighted by atomic mass is 79.9. The summed E-state index contributed by atoms with van der Waals surface area (Å²) in [4.78, 5) is 12.1. The maximum Gasteiger partial charge on any atom is 0.255 e. The van der Waals surface area contributed by atoms with E-state index in [0.29, 0.717) is 22.4 Å². The molecule has 0 aromatic heterocycles. The molecule has 2 aromatic rings. The van der Waals surface area contributed by atoms with Gasteiger partial charge in [0, 0.05) is 10.0 Å². The summed E-state index contributed by atoms with van der Waals surface area (Å²) < 4.78 is 19.6. The highest BCUT2D eigenvalue weighted by molar-refractivity contribution is 9.10. The van der Waals surface area contributed by atoms with Gasteiger partial charge in [-0.05, 0) is 43.3 Å². The minimum Gasteiger partial charge on any atom is -0.494 e. The van der Waals surface area contributed by atoms with Gasteiger partial charge in [0.2, 0.25) is 0 Å². The van der Waals surface area contributed by atoms with Crippen LogP contribution in [0.2, 0.25) is 0 Å². The van der Waals surface area contributed by atoms with Crippen molar-refractivity contribution in [2.75, 3.05) is 11.9 Å². The van der Waals surface area contributed by atoms with Gasteiger partial charge in [0.05, 0.1) is 12.3 Å². The summed E-state index contributed by atoms with van der Waals surface area (Å²) >= 11 is 3.16. The summed E-state index contributed by atoms with van der Waals surface area (Å²) in [6.45, 7) is 2.39. The summed E-state index contributed by atoms with van der Waals surface area (Å²) in [6, 6.07) is 11.2. The third-order valence-corrected chi connectivity index (χ3v) is 3.08. The molecule has 0 saturated carbocycles. The Morgan fingerprint density at radius 3 is 2.80 bits per heavy atom. The minimum absolute atomic E-state index is 0.139. The largest absolute Gasteiger partial charge is 0.494 e. The minimum atomic E-state index is -0.492. The van der Waals surface area contributed by atoms with Gasteiger partial charge in [-0.25, -0.2) is 4.39 Å². The molecule has 3 nitrogen and oxygen atoms in total. The first-order chi connectivity index (χ1) is 9.60. The van der Waals surface area contributed by atoms with Gasteiger partial charge in [0.1, 0.15) is 11.6 Å². The van der Waals surface area contributed by atoms with E-state index >= 15 is 0 Å². The van der Waals surface area contributed by atoms with Crippen LogP contribution in [0.1, 0.15) is 17.3 Å². The van der Waals surface area contributed by atoms with E-state index in [1.54, 1.807) is 30.3 Å². The van der Waals surface area contributed by atoms with Crippen LogP contribution in [-0.2, 0) is 0 Å². The van der Waals surface area contributed by atoms with E-state index in [-0.39, 0.29) is 11.6 Å². The molecule has 0 unspecified atom stereocenters. The Hall–Kier alpha value is -1.88. The molecule has 5 heteroatoms. The summed E-state index contributed by atoms with van der Waals surface area (Å²) in [5.74, 6) is -0.266. The van der Waals surface area contributed by atoms with Gasteiger partial charge in [-0.1, -0.05) is 22.0 Å². The number of carbonyl (C=O) groups excluding carboxylic acids is 1. The fraction of sp³-hybridized carbons (Fsp3) is 0.133. The number of anilines is 1. The average Bonchev–Trinajstić information content (AvgIpc) is 2.42. The van der Waals surface area contributed by atoms with Crippen LogP contribution in [0.3, 0.4) is 0 Å². The molecule has 0 saturated heterocycles. The Morgan fingerprint density at radius 2 is 2.10 bits per heavy atom. The van der Waals surface area contributed by atoms with Gasteiger partial charge in [0.25, 0.3) is 5.91 Å². The standard InChI is InChI=1S/C15H13BrFNO2/c1-2-20-12-5-3-4-10(8-12)15(19)18-14-7-6-11(16)9-13(14)17/h3-9H,2H2,1H3,(H,18,19). The van der Waals surface area contributed by atoms with Crippen molar-refractivity contribution >= 4 is 27.5 Å². The quantitative estimate of drug-likeness (QED) is 0.906. The van der Waals surface area contributed by atoms with Crippen molar-refractivity contribution in [2.24, 2.45) is 0 Å². The lowest BCUT2D eigenvalue weighted by Crippen LogP contribution is -2.13. The van der Waals surface area contributed by atoms with Crippen molar-refractivity contribution < 1.29 is 13.9 Å². The van der Waals surface area contributed by atoms with E-state index in [2.05, 4.69) is 21.2 Å². The van der Waals surface area contributed by atoms with Crippen LogP contribution >= 0.6 is 15.9 Å². The number of nitrogens with one attached hydrogen (secondary N) is 1. The molecule has 0 fully saturated rings. The molecule has 1 amide bonds. The van der Waals surface area contributed by atoms with Gasteiger partial charge >= 0.3 is 0 Å².